The molecular weight excluding hydrogens is 364 g/mol. The monoisotopic (exact) mass is 387 g/mol. The highest BCUT2D eigenvalue weighted by atomic mass is 19.1. The number of nitrogens with zero attached hydrogens (tertiary/aromatic N) is 2. The number of benzene rings is 2. The molecule has 5 nitrogen and oxygen atoms in total. The van der Waals surface area contributed by atoms with Crippen molar-refractivity contribution in [2.75, 3.05) is 38.0 Å². The minimum absolute atomic E-state index is 0.0194. The standard InChI is InChI=1S/C21H23F2N3O2/c1-14-3-4-16(11-15(14)2)21(28)26-9-7-25(8-10-26)13-20(27)24-19-12-17(22)5-6-18(19)23/h3-6,11-12H,7-10,13H2,1-2H3,(H,24,27). The van der Waals surface area contributed by atoms with Crippen molar-refractivity contribution < 1.29 is 18.4 Å². The van der Waals surface area contributed by atoms with Crippen LogP contribution in [0.25, 0.3) is 0 Å². The molecule has 0 aliphatic carbocycles. The zero-order valence-corrected chi connectivity index (χ0v) is 16.0. The third-order valence-corrected chi connectivity index (χ3v) is 4.98. The first kappa shape index (κ1) is 19.9. The Balaban J connectivity index is 1.52. The first-order valence-corrected chi connectivity index (χ1v) is 9.17. The normalized spacial score (nSPS) is 14.8. The van der Waals surface area contributed by atoms with Crippen LogP contribution in [0.2, 0.25) is 0 Å². The fraction of sp³-hybridized carbons (Fsp3) is 0.333. The van der Waals surface area contributed by atoms with Crippen molar-refractivity contribution in [2.45, 2.75) is 13.8 Å². The van der Waals surface area contributed by atoms with Crippen LogP contribution in [0, 0.1) is 25.5 Å². The molecule has 0 saturated carbocycles. The van der Waals surface area contributed by atoms with Gasteiger partial charge in [0.2, 0.25) is 5.91 Å². The lowest BCUT2D eigenvalue weighted by atomic mass is 10.1. The largest absolute Gasteiger partial charge is 0.336 e. The minimum Gasteiger partial charge on any atom is -0.336 e. The second kappa shape index (κ2) is 8.48. The van der Waals surface area contributed by atoms with Gasteiger partial charge in [0.1, 0.15) is 11.6 Å². The lowest BCUT2D eigenvalue weighted by Gasteiger charge is -2.34. The summed E-state index contributed by atoms with van der Waals surface area (Å²) in [4.78, 5) is 28.4. The summed E-state index contributed by atoms with van der Waals surface area (Å²) >= 11 is 0. The second-order valence-electron chi connectivity index (χ2n) is 7.04. The summed E-state index contributed by atoms with van der Waals surface area (Å²) in [6.45, 7) is 6.13. The number of rotatable bonds is 4. The van der Waals surface area contributed by atoms with Gasteiger partial charge in [-0.1, -0.05) is 6.07 Å². The first-order chi connectivity index (χ1) is 13.3. The van der Waals surface area contributed by atoms with Crippen molar-refractivity contribution >= 4 is 17.5 Å². The van der Waals surface area contributed by atoms with Gasteiger partial charge < -0.3 is 10.2 Å². The van der Waals surface area contributed by atoms with E-state index in [9.17, 15) is 18.4 Å². The average Bonchev–Trinajstić information content (AvgIpc) is 2.67. The zero-order chi connectivity index (χ0) is 20.3. The lowest BCUT2D eigenvalue weighted by molar-refractivity contribution is -0.117. The third-order valence-electron chi connectivity index (χ3n) is 4.98. The molecule has 3 rings (SSSR count). The van der Waals surface area contributed by atoms with E-state index >= 15 is 0 Å². The first-order valence-electron chi connectivity index (χ1n) is 9.17. The Hall–Kier alpha value is -2.80. The molecule has 1 saturated heterocycles. The number of halogens is 2. The SMILES string of the molecule is Cc1ccc(C(=O)N2CCN(CC(=O)Nc3cc(F)ccc3F)CC2)cc1C. The van der Waals surface area contributed by atoms with Crippen LogP contribution in [0.3, 0.4) is 0 Å². The molecule has 1 heterocycles. The molecule has 0 aromatic heterocycles. The minimum atomic E-state index is -0.682. The highest BCUT2D eigenvalue weighted by Gasteiger charge is 2.23. The summed E-state index contributed by atoms with van der Waals surface area (Å²) in [5.74, 6) is -1.74. The number of amides is 2. The molecule has 0 unspecified atom stereocenters. The van der Waals surface area contributed by atoms with Gasteiger partial charge in [0.15, 0.2) is 0 Å². The number of carbonyl (C=O) groups is 2. The van der Waals surface area contributed by atoms with E-state index in [1.54, 1.807) is 4.90 Å². The van der Waals surface area contributed by atoms with E-state index in [1.165, 1.54) is 0 Å². The lowest BCUT2D eigenvalue weighted by Crippen LogP contribution is -2.50. The van der Waals surface area contributed by atoms with E-state index in [-0.39, 0.29) is 18.1 Å². The summed E-state index contributed by atoms with van der Waals surface area (Å²) < 4.78 is 26.8. The summed E-state index contributed by atoms with van der Waals surface area (Å²) in [7, 11) is 0. The van der Waals surface area contributed by atoms with Gasteiger partial charge in [0.05, 0.1) is 12.2 Å². The van der Waals surface area contributed by atoms with E-state index < -0.39 is 17.5 Å². The Morgan fingerprint density at radius 3 is 2.36 bits per heavy atom. The molecule has 0 radical (unpaired) electrons. The number of piperazine rings is 1. The van der Waals surface area contributed by atoms with Crippen molar-refractivity contribution in [1.29, 1.82) is 0 Å². The predicted molar refractivity (Wildman–Crippen MR) is 103 cm³/mol. The van der Waals surface area contributed by atoms with E-state index in [1.807, 2.05) is 36.9 Å². The average molecular weight is 387 g/mol. The summed E-state index contributed by atoms with van der Waals surface area (Å²) in [6, 6.07) is 8.59. The number of anilines is 1. The molecule has 1 N–H and O–H groups in total. The van der Waals surface area contributed by atoms with Gasteiger partial charge in [-0.3, -0.25) is 14.5 Å². The molecular formula is C21H23F2N3O2. The maximum Gasteiger partial charge on any atom is 0.253 e. The molecule has 2 amide bonds. The summed E-state index contributed by atoms with van der Waals surface area (Å²) in [5, 5.41) is 2.39. The number of carbonyl (C=O) groups excluding carboxylic acids is 2. The summed E-state index contributed by atoms with van der Waals surface area (Å²) in [5.41, 5.74) is 2.71. The van der Waals surface area contributed by atoms with Gasteiger partial charge in [-0.25, -0.2) is 8.78 Å². The highest BCUT2D eigenvalue weighted by molar-refractivity contribution is 5.95. The third kappa shape index (κ3) is 4.72. The van der Waals surface area contributed by atoms with Crippen molar-refractivity contribution in [3.05, 3.63) is 64.7 Å². The fourth-order valence-electron chi connectivity index (χ4n) is 3.15. The Morgan fingerprint density at radius 1 is 0.964 bits per heavy atom. The number of hydrogen-bond acceptors (Lipinski definition) is 3. The molecule has 148 valence electrons. The van der Waals surface area contributed by atoms with Crippen LogP contribution in [0.1, 0.15) is 21.5 Å². The molecule has 2 aromatic rings. The molecule has 7 heteroatoms. The van der Waals surface area contributed by atoms with E-state index in [2.05, 4.69) is 5.32 Å². The van der Waals surface area contributed by atoms with Gasteiger partial charge in [0, 0.05) is 37.8 Å². The fourth-order valence-corrected chi connectivity index (χ4v) is 3.15. The maximum absolute atomic E-state index is 13.6. The van der Waals surface area contributed by atoms with E-state index in [0.29, 0.717) is 31.7 Å². The number of nitrogens with one attached hydrogen (secondary N) is 1. The van der Waals surface area contributed by atoms with Crippen molar-refractivity contribution in [2.24, 2.45) is 0 Å². The highest BCUT2D eigenvalue weighted by Crippen LogP contribution is 2.16. The number of hydrogen-bond donors (Lipinski definition) is 1. The van der Waals surface area contributed by atoms with Crippen LogP contribution in [0.5, 0.6) is 0 Å². The Kier molecular flexibility index (Phi) is 6.04. The quantitative estimate of drug-likeness (QED) is 0.878. The van der Waals surface area contributed by atoms with Gasteiger partial charge >= 0.3 is 0 Å². The molecule has 1 aliphatic heterocycles. The zero-order valence-electron chi connectivity index (χ0n) is 16.0. The number of aryl methyl sites for hydroxylation is 2. The molecule has 0 bridgehead atoms. The van der Waals surface area contributed by atoms with Crippen LogP contribution in [0.4, 0.5) is 14.5 Å². The maximum atomic E-state index is 13.6. The molecule has 1 fully saturated rings. The van der Waals surface area contributed by atoms with Crippen molar-refractivity contribution in [1.82, 2.24) is 9.80 Å². The van der Waals surface area contributed by atoms with Crippen molar-refractivity contribution in [3.63, 3.8) is 0 Å². The van der Waals surface area contributed by atoms with Crippen LogP contribution in [0.15, 0.2) is 36.4 Å². The Bertz CT molecular complexity index is 893. The molecule has 2 aromatic carbocycles. The predicted octanol–water partition coefficient (Wildman–Crippen LogP) is 2.98. The van der Waals surface area contributed by atoms with Gasteiger partial charge in [-0.2, -0.15) is 0 Å². The molecule has 1 aliphatic rings. The van der Waals surface area contributed by atoms with Crippen LogP contribution < -0.4 is 5.32 Å². The van der Waals surface area contributed by atoms with Gasteiger partial charge in [-0.05, 0) is 49.2 Å². The van der Waals surface area contributed by atoms with Crippen molar-refractivity contribution in [3.8, 4) is 0 Å². The molecule has 0 atom stereocenters. The Morgan fingerprint density at radius 2 is 1.68 bits per heavy atom. The summed E-state index contributed by atoms with van der Waals surface area (Å²) in [6.07, 6.45) is 0. The van der Waals surface area contributed by atoms with Crippen LogP contribution in [-0.2, 0) is 4.79 Å². The van der Waals surface area contributed by atoms with E-state index in [4.69, 9.17) is 0 Å². The molecule has 0 spiro atoms. The van der Waals surface area contributed by atoms with E-state index in [0.717, 1.165) is 29.3 Å². The molecule has 28 heavy (non-hydrogen) atoms. The smallest absolute Gasteiger partial charge is 0.253 e. The van der Waals surface area contributed by atoms with Crippen LogP contribution >= 0.6 is 0 Å². The van der Waals surface area contributed by atoms with Gasteiger partial charge in [-0.15, -0.1) is 0 Å². The second-order valence-corrected chi connectivity index (χ2v) is 7.04. The Labute approximate surface area is 162 Å². The van der Waals surface area contributed by atoms with Gasteiger partial charge in [0.25, 0.3) is 5.91 Å². The topological polar surface area (TPSA) is 52.7 Å². The van der Waals surface area contributed by atoms with Crippen LogP contribution in [-0.4, -0.2) is 54.3 Å².